The molecule has 0 fully saturated rings. The van der Waals surface area contributed by atoms with Crippen LogP contribution in [-0.4, -0.2) is 24.5 Å². The van der Waals surface area contributed by atoms with Gasteiger partial charge in [0, 0.05) is 12.1 Å². The predicted octanol–water partition coefficient (Wildman–Crippen LogP) is 0.927. The van der Waals surface area contributed by atoms with E-state index in [-0.39, 0.29) is 16.7 Å². The summed E-state index contributed by atoms with van der Waals surface area (Å²) in [5.74, 6) is -0.599. The smallest absolute Gasteiger partial charge is 0.307 e. The van der Waals surface area contributed by atoms with E-state index in [4.69, 9.17) is 0 Å². The molecule has 0 saturated carbocycles. The van der Waals surface area contributed by atoms with E-state index in [1.807, 2.05) is 0 Å². The van der Waals surface area contributed by atoms with E-state index in [1.165, 1.54) is 4.40 Å². The topological polar surface area (TPSA) is 106 Å². The molecule has 0 aliphatic heterocycles. The van der Waals surface area contributed by atoms with Gasteiger partial charge in [-0.05, 0) is 6.92 Å². The Hall–Kier alpha value is -2.84. The summed E-state index contributed by atoms with van der Waals surface area (Å²) in [6.45, 7) is 1.60. The first-order chi connectivity index (χ1) is 8.99. The first-order valence-corrected chi connectivity index (χ1v) is 5.20. The molecule has 3 aromatic rings. The molecule has 2 heterocycles. The molecule has 0 unspecified atom stereocenters. The molecule has 1 N–H and O–H groups in total. The van der Waals surface area contributed by atoms with E-state index < -0.39 is 22.0 Å². The third-order valence-corrected chi connectivity index (χ3v) is 2.78. The van der Waals surface area contributed by atoms with Crippen molar-refractivity contribution in [1.29, 1.82) is 0 Å². The third kappa shape index (κ3) is 1.48. The quantitative estimate of drug-likeness (QED) is 0.519. The molecule has 8 nitrogen and oxygen atoms in total. The standard InChI is InChI=1S/C10H6FN5O3/c1-4-13-14-9-10(17)12-6-3-7(16(18)19)5(11)2-8(6)15(4)9/h2-3H,1H3,(H,12,17). The molecule has 19 heavy (non-hydrogen) atoms. The summed E-state index contributed by atoms with van der Waals surface area (Å²) in [6.07, 6.45) is 0. The fourth-order valence-electron chi connectivity index (χ4n) is 1.95. The molecule has 0 bridgehead atoms. The molecule has 1 aromatic carbocycles. The van der Waals surface area contributed by atoms with Crippen molar-refractivity contribution >= 4 is 22.4 Å². The maximum Gasteiger partial charge on any atom is 0.307 e. The van der Waals surface area contributed by atoms with Crippen LogP contribution in [0.2, 0.25) is 0 Å². The molecule has 2 aromatic heterocycles. The van der Waals surface area contributed by atoms with Crippen molar-refractivity contribution in [2.24, 2.45) is 0 Å². The highest BCUT2D eigenvalue weighted by atomic mass is 19.1. The summed E-state index contributed by atoms with van der Waals surface area (Å²) >= 11 is 0. The Morgan fingerprint density at radius 1 is 1.42 bits per heavy atom. The maximum absolute atomic E-state index is 13.6. The lowest BCUT2D eigenvalue weighted by Crippen LogP contribution is -2.12. The van der Waals surface area contributed by atoms with Crippen LogP contribution in [0.3, 0.4) is 0 Å². The number of nitro benzene ring substituents is 1. The second kappa shape index (κ2) is 3.57. The van der Waals surface area contributed by atoms with Crippen molar-refractivity contribution in [2.45, 2.75) is 6.92 Å². The molecule has 0 saturated heterocycles. The van der Waals surface area contributed by atoms with Crippen LogP contribution in [0.25, 0.3) is 16.7 Å². The normalized spacial score (nSPS) is 11.3. The van der Waals surface area contributed by atoms with Crippen LogP contribution in [0.1, 0.15) is 5.82 Å². The van der Waals surface area contributed by atoms with Crippen molar-refractivity contribution in [3.05, 3.63) is 44.2 Å². The Bertz CT molecular complexity index is 897. The number of aromatic nitrogens is 4. The van der Waals surface area contributed by atoms with E-state index >= 15 is 0 Å². The Balaban J connectivity index is 2.57. The van der Waals surface area contributed by atoms with E-state index in [2.05, 4.69) is 15.2 Å². The summed E-state index contributed by atoms with van der Waals surface area (Å²) in [5, 5.41) is 18.1. The van der Waals surface area contributed by atoms with Crippen LogP contribution in [-0.2, 0) is 0 Å². The average Bonchev–Trinajstić information content (AvgIpc) is 2.73. The highest BCUT2D eigenvalue weighted by Gasteiger charge is 2.18. The van der Waals surface area contributed by atoms with Crippen molar-refractivity contribution < 1.29 is 9.31 Å². The summed E-state index contributed by atoms with van der Waals surface area (Å²) in [7, 11) is 0. The Morgan fingerprint density at radius 2 is 2.16 bits per heavy atom. The van der Waals surface area contributed by atoms with Gasteiger partial charge in [-0.25, -0.2) is 0 Å². The van der Waals surface area contributed by atoms with E-state index in [0.29, 0.717) is 5.82 Å². The van der Waals surface area contributed by atoms with Crippen LogP contribution in [0.4, 0.5) is 10.1 Å². The van der Waals surface area contributed by atoms with Gasteiger partial charge < -0.3 is 4.98 Å². The van der Waals surface area contributed by atoms with Crippen molar-refractivity contribution in [3.63, 3.8) is 0 Å². The summed E-state index contributed by atoms with van der Waals surface area (Å²) in [6, 6.07) is 1.96. The van der Waals surface area contributed by atoms with Crippen LogP contribution < -0.4 is 5.56 Å². The molecule has 0 spiro atoms. The second-order valence-electron chi connectivity index (χ2n) is 3.94. The third-order valence-electron chi connectivity index (χ3n) is 2.78. The number of nitrogens with zero attached hydrogens (tertiary/aromatic N) is 4. The first-order valence-electron chi connectivity index (χ1n) is 5.20. The number of halogens is 1. The van der Waals surface area contributed by atoms with Gasteiger partial charge in [0.25, 0.3) is 5.56 Å². The van der Waals surface area contributed by atoms with Crippen LogP contribution >= 0.6 is 0 Å². The fraction of sp³-hybridized carbons (Fsp3) is 0.100. The number of aromatic amines is 1. The molecule has 0 aliphatic carbocycles. The largest absolute Gasteiger partial charge is 0.317 e. The molecule has 0 radical (unpaired) electrons. The van der Waals surface area contributed by atoms with Crippen LogP contribution in [0, 0.1) is 22.9 Å². The average molecular weight is 263 g/mol. The highest BCUT2D eigenvalue weighted by Crippen LogP contribution is 2.23. The predicted molar refractivity (Wildman–Crippen MR) is 62.5 cm³/mol. The summed E-state index contributed by atoms with van der Waals surface area (Å²) in [4.78, 5) is 24.0. The van der Waals surface area contributed by atoms with Gasteiger partial charge in [0.2, 0.25) is 11.5 Å². The maximum atomic E-state index is 13.6. The van der Waals surface area contributed by atoms with Crippen molar-refractivity contribution in [2.75, 3.05) is 0 Å². The number of benzene rings is 1. The van der Waals surface area contributed by atoms with Gasteiger partial charge in [0.05, 0.1) is 16.0 Å². The lowest BCUT2D eigenvalue weighted by molar-refractivity contribution is -0.387. The van der Waals surface area contributed by atoms with Gasteiger partial charge in [-0.1, -0.05) is 0 Å². The number of hydrogen-bond acceptors (Lipinski definition) is 5. The number of rotatable bonds is 1. The molecule has 9 heteroatoms. The SMILES string of the molecule is Cc1nnc2c(=O)[nH]c3cc([N+](=O)[O-])c(F)cc3n12. The summed E-state index contributed by atoms with van der Waals surface area (Å²) < 4.78 is 15.0. The van der Waals surface area contributed by atoms with Crippen molar-refractivity contribution in [1.82, 2.24) is 19.6 Å². The number of nitro groups is 1. The number of nitrogens with one attached hydrogen (secondary N) is 1. The number of aryl methyl sites for hydroxylation is 1. The Labute approximate surface area is 103 Å². The van der Waals surface area contributed by atoms with Gasteiger partial charge in [0.15, 0.2) is 0 Å². The van der Waals surface area contributed by atoms with Gasteiger partial charge in [0.1, 0.15) is 5.82 Å². The number of hydrogen-bond donors (Lipinski definition) is 1. The minimum Gasteiger partial charge on any atom is -0.317 e. The van der Waals surface area contributed by atoms with Crippen LogP contribution in [0.5, 0.6) is 0 Å². The molecule has 3 rings (SSSR count). The zero-order valence-corrected chi connectivity index (χ0v) is 9.55. The minimum absolute atomic E-state index is 0.0123. The van der Waals surface area contributed by atoms with E-state index in [0.717, 1.165) is 12.1 Å². The monoisotopic (exact) mass is 263 g/mol. The molecule has 0 aliphatic rings. The van der Waals surface area contributed by atoms with E-state index in [1.54, 1.807) is 6.92 Å². The van der Waals surface area contributed by atoms with Gasteiger partial charge in [-0.2, -0.15) is 4.39 Å². The van der Waals surface area contributed by atoms with Crippen molar-refractivity contribution in [3.8, 4) is 0 Å². The van der Waals surface area contributed by atoms with Crippen LogP contribution in [0.15, 0.2) is 16.9 Å². The highest BCUT2D eigenvalue weighted by molar-refractivity contribution is 5.80. The van der Waals surface area contributed by atoms with Gasteiger partial charge in [-0.3, -0.25) is 19.3 Å². The first kappa shape index (κ1) is 11.3. The minimum atomic E-state index is -0.987. The zero-order valence-electron chi connectivity index (χ0n) is 9.55. The Morgan fingerprint density at radius 3 is 2.84 bits per heavy atom. The molecule has 0 atom stereocenters. The molecular weight excluding hydrogens is 257 g/mol. The van der Waals surface area contributed by atoms with Gasteiger partial charge in [-0.15, -0.1) is 10.2 Å². The number of fused-ring (bicyclic) bond motifs is 3. The Kier molecular flexibility index (Phi) is 2.12. The number of H-pyrrole nitrogens is 1. The lowest BCUT2D eigenvalue weighted by atomic mass is 10.2. The zero-order chi connectivity index (χ0) is 13.7. The molecular formula is C10H6FN5O3. The molecule has 96 valence electrons. The summed E-state index contributed by atoms with van der Waals surface area (Å²) in [5.41, 5.74) is -0.825. The van der Waals surface area contributed by atoms with Gasteiger partial charge >= 0.3 is 5.69 Å². The fourth-order valence-corrected chi connectivity index (χ4v) is 1.95. The second-order valence-corrected chi connectivity index (χ2v) is 3.94. The molecule has 0 amide bonds. The lowest BCUT2D eigenvalue weighted by Gasteiger charge is -2.03. The van der Waals surface area contributed by atoms with E-state index in [9.17, 15) is 19.3 Å².